The molecule has 1 unspecified atom stereocenters. The first-order valence-corrected chi connectivity index (χ1v) is 8.01. The maximum absolute atomic E-state index is 12.4. The summed E-state index contributed by atoms with van der Waals surface area (Å²) < 4.78 is 5.12. The molecule has 120 valence electrons. The zero-order chi connectivity index (χ0) is 16.1. The predicted octanol–water partition coefficient (Wildman–Crippen LogP) is 3.09. The SMILES string of the molecule is COc1ccc(C(=O)NC2CCCN(c3ccccc3)C2)cc1. The lowest BCUT2D eigenvalue weighted by molar-refractivity contribution is 0.0933. The first-order chi connectivity index (χ1) is 11.3. The molecule has 2 aromatic carbocycles. The van der Waals surface area contributed by atoms with Gasteiger partial charge in [0, 0.05) is 30.4 Å². The molecule has 0 spiro atoms. The fraction of sp³-hybridized carbons (Fsp3) is 0.316. The van der Waals surface area contributed by atoms with Crippen LogP contribution < -0.4 is 15.0 Å². The topological polar surface area (TPSA) is 41.6 Å². The third-order valence-electron chi connectivity index (χ3n) is 4.23. The molecule has 1 aliphatic rings. The molecule has 1 N–H and O–H groups in total. The molecule has 23 heavy (non-hydrogen) atoms. The smallest absolute Gasteiger partial charge is 0.251 e. The van der Waals surface area contributed by atoms with Gasteiger partial charge in [-0.2, -0.15) is 0 Å². The summed E-state index contributed by atoms with van der Waals surface area (Å²) in [5.74, 6) is 0.738. The van der Waals surface area contributed by atoms with Crippen LogP contribution in [0.4, 0.5) is 5.69 Å². The Kier molecular flexibility index (Phi) is 4.81. The quantitative estimate of drug-likeness (QED) is 0.943. The van der Waals surface area contributed by atoms with Crippen LogP contribution in [0.25, 0.3) is 0 Å². The van der Waals surface area contributed by atoms with E-state index in [-0.39, 0.29) is 11.9 Å². The van der Waals surface area contributed by atoms with Gasteiger partial charge in [0.15, 0.2) is 0 Å². The second kappa shape index (κ2) is 7.18. The number of nitrogens with zero attached hydrogens (tertiary/aromatic N) is 1. The Balaban J connectivity index is 1.61. The van der Waals surface area contributed by atoms with E-state index < -0.39 is 0 Å². The first-order valence-electron chi connectivity index (χ1n) is 8.01. The number of ether oxygens (including phenoxy) is 1. The van der Waals surface area contributed by atoms with Crippen molar-refractivity contribution >= 4 is 11.6 Å². The minimum Gasteiger partial charge on any atom is -0.497 e. The van der Waals surface area contributed by atoms with Gasteiger partial charge < -0.3 is 15.0 Å². The second-order valence-corrected chi connectivity index (χ2v) is 5.82. The van der Waals surface area contributed by atoms with E-state index in [9.17, 15) is 4.79 Å². The van der Waals surface area contributed by atoms with Gasteiger partial charge in [0.1, 0.15) is 5.75 Å². The summed E-state index contributed by atoms with van der Waals surface area (Å²) in [7, 11) is 1.62. The van der Waals surface area contributed by atoms with Gasteiger partial charge in [-0.1, -0.05) is 18.2 Å². The Hall–Kier alpha value is -2.49. The van der Waals surface area contributed by atoms with Crippen LogP contribution in [0.1, 0.15) is 23.2 Å². The number of carbonyl (C=O) groups is 1. The molecule has 1 fully saturated rings. The van der Waals surface area contributed by atoms with Crippen LogP contribution in [0.3, 0.4) is 0 Å². The Labute approximate surface area is 137 Å². The largest absolute Gasteiger partial charge is 0.497 e. The highest BCUT2D eigenvalue weighted by molar-refractivity contribution is 5.94. The van der Waals surface area contributed by atoms with Crippen molar-refractivity contribution in [3.63, 3.8) is 0 Å². The number of methoxy groups -OCH3 is 1. The molecule has 1 saturated heterocycles. The Morgan fingerprint density at radius 3 is 2.57 bits per heavy atom. The number of carbonyl (C=O) groups excluding carboxylic acids is 1. The number of hydrogen-bond donors (Lipinski definition) is 1. The van der Waals surface area contributed by atoms with E-state index in [1.165, 1.54) is 5.69 Å². The third-order valence-corrected chi connectivity index (χ3v) is 4.23. The molecular formula is C19H22N2O2. The van der Waals surface area contributed by atoms with Gasteiger partial charge >= 0.3 is 0 Å². The van der Waals surface area contributed by atoms with Crippen LogP contribution >= 0.6 is 0 Å². The van der Waals surface area contributed by atoms with Crippen molar-refractivity contribution in [3.05, 3.63) is 60.2 Å². The van der Waals surface area contributed by atoms with Crippen LogP contribution in [-0.2, 0) is 0 Å². The summed E-state index contributed by atoms with van der Waals surface area (Å²) in [6, 6.07) is 17.8. The molecule has 4 heteroatoms. The molecule has 3 rings (SSSR count). The summed E-state index contributed by atoms with van der Waals surface area (Å²) in [6.07, 6.45) is 2.10. The molecule has 1 amide bonds. The number of rotatable bonds is 4. The van der Waals surface area contributed by atoms with Crippen LogP contribution in [-0.4, -0.2) is 32.1 Å². The maximum Gasteiger partial charge on any atom is 0.251 e. The number of hydrogen-bond acceptors (Lipinski definition) is 3. The van der Waals surface area contributed by atoms with E-state index in [0.717, 1.165) is 31.7 Å². The monoisotopic (exact) mass is 310 g/mol. The highest BCUT2D eigenvalue weighted by Crippen LogP contribution is 2.20. The molecule has 2 aromatic rings. The van der Waals surface area contributed by atoms with Crippen molar-refractivity contribution in [2.45, 2.75) is 18.9 Å². The van der Waals surface area contributed by atoms with Gasteiger partial charge in [-0.15, -0.1) is 0 Å². The standard InChI is InChI=1S/C19H22N2O2/c1-23-18-11-9-15(10-12-18)19(22)20-16-6-5-13-21(14-16)17-7-3-2-4-8-17/h2-4,7-12,16H,5-6,13-14H2,1H3,(H,20,22). The van der Waals surface area contributed by atoms with E-state index in [4.69, 9.17) is 4.74 Å². The van der Waals surface area contributed by atoms with Crippen molar-refractivity contribution in [2.75, 3.05) is 25.1 Å². The molecular weight excluding hydrogens is 288 g/mol. The van der Waals surface area contributed by atoms with Crippen molar-refractivity contribution in [1.82, 2.24) is 5.32 Å². The lowest BCUT2D eigenvalue weighted by atomic mass is 10.0. The maximum atomic E-state index is 12.4. The van der Waals surface area contributed by atoms with Crippen molar-refractivity contribution in [2.24, 2.45) is 0 Å². The molecule has 1 atom stereocenters. The summed E-state index contributed by atoms with van der Waals surface area (Å²) in [5.41, 5.74) is 1.89. The Morgan fingerprint density at radius 1 is 1.13 bits per heavy atom. The number of anilines is 1. The number of benzene rings is 2. The van der Waals surface area contributed by atoms with Crippen LogP contribution in [0.2, 0.25) is 0 Å². The highest BCUT2D eigenvalue weighted by atomic mass is 16.5. The normalized spacial score (nSPS) is 17.6. The second-order valence-electron chi connectivity index (χ2n) is 5.82. The zero-order valence-electron chi connectivity index (χ0n) is 13.4. The number of nitrogens with one attached hydrogen (secondary N) is 1. The molecule has 4 nitrogen and oxygen atoms in total. The average molecular weight is 310 g/mol. The molecule has 0 aromatic heterocycles. The molecule has 1 aliphatic heterocycles. The highest BCUT2D eigenvalue weighted by Gasteiger charge is 2.22. The molecule has 0 aliphatic carbocycles. The molecule has 0 saturated carbocycles. The van der Waals surface area contributed by atoms with Gasteiger partial charge in [0.2, 0.25) is 0 Å². The Bertz CT molecular complexity index is 640. The Morgan fingerprint density at radius 2 is 1.87 bits per heavy atom. The van der Waals surface area contributed by atoms with Crippen LogP contribution in [0.15, 0.2) is 54.6 Å². The van der Waals surface area contributed by atoms with Gasteiger partial charge in [0.25, 0.3) is 5.91 Å². The molecule has 1 heterocycles. The van der Waals surface area contributed by atoms with Crippen LogP contribution in [0, 0.1) is 0 Å². The third kappa shape index (κ3) is 3.83. The van der Waals surface area contributed by atoms with E-state index in [1.54, 1.807) is 19.2 Å². The first kappa shape index (κ1) is 15.4. The average Bonchev–Trinajstić information content (AvgIpc) is 2.63. The van der Waals surface area contributed by atoms with Gasteiger partial charge in [-0.05, 0) is 49.2 Å². The fourth-order valence-corrected chi connectivity index (χ4v) is 2.98. The zero-order valence-corrected chi connectivity index (χ0v) is 13.4. The number of para-hydroxylation sites is 1. The fourth-order valence-electron chi connectivity index (χ4n) is 2.98. The molecule has 0 bridgehead atoms. The lowest BCUT2D eigenvalue weighted by Gasteiger charge is -2.34. The van der Waals surface area contributed by atoms with Crippen LogP contribution in [0.5, 0.6) is 5.75 Å². The van der Waals surface area contributed by atoms with Crippen molar-refractivity contribution < 1.29 is 9.53 Å². The van der Waals surface area contributed by atoms with E-state index in [2.05, 4.69) is 34.5 Å². The number of amides is 1. The van der Waals surface area contributed by atoms with E-state index in [1.807, 2.05) is 18.2 Å². The minimum atomic E-state index is -0.0208. The summed E-state index contributed by atoms with van der Waals surface area (Å²) in [6.45, 7) is 1.89. The summed E-state index contributed by atoms with van der Waals surface area (Å²) >= 11 is 0. The lowest BCUT2D eigenvalue weighted by Crippen LogP contribution is -2.47. The van der Waals surface area contributed by atoms with Gasteiger partial charge in [-0.3, -0.25) is 4.79 Å². The molecule has 0 radical (unpaired) electrons. The number of piperidine rings is 1. The minimum absolute atomic E-state index is 0.0208. The van der Waals surface area contributed by atoms with Crippen molar-refractivity contribution in [1.29, 1.82) is 0 Å². The van der Waals surface area contributed by atoms with Crippen molar-refractivity contribution in [3.8, 4) is 5.75 Å². The predicted molar refractivity (Wildman–Crippen MR) is 92.1 cm³/mol. The van der Waals surface area contributed by atoms with E-state index in [0.29, 0.717) is 5.56 Å². The van der Waals surface area contributed by atoms with Gasteiger partial charge in [-0.25, -0.2) is 0 Å². The summed E-state index contributed by atoms with van der Waals surface area (Å²) in [5, 5.41) is 3.15. The summed E-state index contributed by atoms with van der Waals surface area (Å²) in [4.78, 5) is 14.7. The van der Waals surface area contributed by atoms with Gasteiger partial charge in [0.05, 0.1) is 7.11 Å². The van der Waals surface area contributed by atoms with E-state index >= 15 is 0 Å².